The van der Waals surface area contributed by atoms with E-state index in [2.05, 4.69) is 25.2 Å². The number of hydrogen-bond acceptors (Lipinski definition) is 2. The van der Waals surface area contributed by atoms with Crippen LogP contribution >= 0.6 is 0 Å². The number of ether oxygens (including phenoxy) is 1. The molecule has 1 aliphatic rings. The van der Waals surface area contributed by atoms with Crippen molar-refractivity contribution >= 4 is 6.09 Å². The van der Waals surface area contributed by atoms with Gasteiger partial charge < -0.3 is 4.74 Å². The fourth-order valence-corrected chi connectivity index (χ4v) is 1.95. The van der Waals surface area contributed by atoms with Crippen molar-refractivity contribution in [2.75, 3.05) is 6.54 Å². The van der Waals surface area contributed by atoms with Gasteiger partial charge in [-0.05, 0) is 52.5 Å². The summed E-state index contributed by atoms with van der Waals surface area (Å²) in [6.45, 7) is 8.60. The second-order valence-corrected chi connectivity index (χ2v) is 5.95. The topological polar surface area (TPSA) is 29.5 Å². The van der Waals surface area contributed by atoms with Crippen LogP contribution in [-0.4, -0.2) is 23.1 Å². The molecule has 0 saturated carbocycles. The molecule has 0 radical (unpaired) electrons. The Morgan fingerprint density at radius 1 is 1.42 bits per heavy atom. The summed E-state index contributed by atoms with van der Waals surface area (Å²) in [5.41, 5.74) is 0.543. The van der Waals surface area contributed by atoms with Crippen LogP contribution in [0.2, 0.25) is 0 Å². The van der Waals surface area contributed by atoms with Crippen molar-refractivity contribution in [1.82, 2.24) is 4.90 Å². The minimum Gasteiger partial charge on any atom is -0.443 e. The fourth-order valence-electron chi connectivity index (χ4n) is 1.95. The minimum absolute atomic E-state index is 0.234. The van der Waals surface area contributed by atoms with Gasteiger partial charge in [-0.3, -0.25) is 4.90 Å². The Balaban J connectivity index is 2.77. The van der Waals surface area contributed by atoms with Gasteiger partial charge in [0.15, 0.2) is 0 Å². The molecule has 0 spiro atoms. The van der Waals surface area contributed by atoms with Gasteiger partial charge in [0, 0.05) is 12.2 Å². The van der Waals surface area contributed by atoms with Gasteiger partial charge in [-0.25, -0.2) is 4.79 Å². The zero-order valence-electron chi connectivity index (χ0n) is 12.7. The summed E-state index contributed by atoms with van der Waals surface area (Å²) < 4.78 is 5.48. The Hall–Kier alpha value is -1.25. The van der Waals surface area contributed by atoms with E-state index in [1.54, 1.807) is 4.90 Å². The second-order valence-electron chi connectivity index (χ2n) is 5.95. The summed E-state index contributed by atoms with van der Waals surface area (Å²) in [7, 11) is 0. The van der Waals surface area contributed by atoms with Gasteiger partial charge >= 0.3 is 6.09 Å². The van der Waals surface area contributed by atoms with E-state index in [4.69, 9.17) is 4.74 Å². The number of hydrogen-bond donors (Lipinski definition) is 0. The minimum atomic E-state index is -0.443. The first-order chi connectivity index (χ1) is 8.94. The van der Waals surface area contributed by atoms with Gasteiger partial charge in [-0.15, -0.1) is 0 Å². The first kappa shape index (κ1) is 15.8. The molecular weight excluding hydrogens is 238 g/mol. The van der Waals surface area contributed by atoms with E-state index >= 15 is 0 Å². The lowest BCUT2D eigenvalue weighted by atomic mass is 10.2. The van der Waals surface area contributed by atoms with Crippen LogP contribution in [0.15, 0.2) is 23.9 Å². The lowest BCUT2D eigenvalue weighted by Crippen LogP contribution is -2.36. The van der Waals surface area contributed by atoms with Crippen LogP contribution in [0.4, 0.5) is 4.79 Å². The van der Waals surface area contributed by atoms with E-state index in [1.807, 2.05) is 20.8 Å². The standard InChI is InChI=1S/C16H27NO2/c1-5-6-8-11-14-12-9-7-10-13-17(14)15(18)19-16(2,3)4/h8,11-12H,5-7,9-10,13H2,1-4H3/b11-8+. The predicted octanol–water partition coefficient (Wildman–Crippen LogP) is 4.65. The number of rotatable bonds is 3. The molecule has 0 fully saturated rings. The van der Waals surface area contributed by atoms with Crippen molar-refractivity contribution in [3.63, 3.8) is 0 Å². The first-order valence-electron chi connectivity index (χ1n) is 7.31. The van der Waals surface area contributed by atoms with Gasteiger partial charge in [0.05, 0.1) is 0 Å². The fraction of sp³-hybridized carbons (Fsp3) is 0.688. The molecule has 0 saturated heterocycles. The number of allylic oxidation sites excluding steroid dienone is 3. The molecule has 1 aliphatic heterocycles. The SMILES string of the molecule is CCC/C=C/C1=CCCCCN1C(=O)OC(C)(C)C. The molecule has 0 atom stereocenters. The maximum absolute atomic E-state index is 12.2. The van der Waals surface area contributed by atoms with E-state index < -0.39 is 5.60 Å². The molecule has 3 nitrogen and oxygen atoms in total. The maximum Gasteiger partial charge on any atom is 0.414 e. The Labute approximate surface area is 117 Å². The second kappa shape index (κ2) is 7.37. The van der Waals surface area contributed by atoms with Gasteiger partial charge in [0.25, 0.3) is 0 Å². The molecule has 1 rings (SSSR count). The molecule has 0 aromatic heterocycles. The van der Waals surface area contributed by atoms with Crippen LogP contribution in [-0.2, 0) is 4.74 Å². The monoisotopic (exact) mass is 265 g/mol. The van der Waals surface area contributed by atoms with Crippen LogP contribution in [0, 0.1) is 0 Å². The molecular formula is C16H27NO2. The smallest absolute Gasteiger partial charge is 0.414 e. The molecule has 0 aromatic carbocycles. The molecule has 1 heterocycles. The highest BCUT2D eigenvalue weighted by atomic mass is 16.6. The van der Waals surface area contributed by atoms with Crippen LogP contribution in [0.1, 0.15) is 59.8 Å². The van der Waals surface area contributed by atoms with Gasteiger partial charge in [0.1, 0.15) is 5.60 Å². The summed E-state index contributed by atoms with van der Waals surface area (Å²) >= 11 is 0. The Morgan fingerprint density at radius 3 is 2.79 bits per heavy atom. The average molecular weight is 265 g/mol. The van der Waals surface area contributed by atoms with Crippen molar-refractivity contribution in [3.8, 4) is 0 Å². The average Bonchev–Trinajstić information content (AvgIpc) is 2.52. The molecule has 1 amide bonds. The quantitative estimate of drug-likeness (QED) is 0.743. The molecule has 0 aliphatic carbocycles. The van der Waals surface area contributed by atoms with Crippen LogP contribution in [0.5, 0.6) is 0 Å². The van der Waals surface area contributed by atoms with E-state index in [9.17, 15) is 4.79 Å². The summed E-state index contributed by atoms with van der Waals surface area (Å²) in [6, 6.07) is 0. The zero-order chi connectivity index (χ0) is 14.3. The van der Waals surface area contributed by atoms with E-state index in [0.29, 0.717) is 0 Å². The van der Waals surface area contributed by atoms with Crippen LogP contribution in [0.25, 0.3) is 0 Å². The number of nitrogens with zero attached hydrogens (tertiary/aromatic N) is 1. The van der Waals surface area contributed by atoms with Gasteiger partial charge in [0.2, 0.25) is 0 Å². The lowest BCUT2D eigenvalue weighted by molar-refractivity contribution is 0.0321. The molecule has 19 heavy (non-hydrogen) atoms. The van der Waals surface area contributed by atoms with Crippen molar-refractivity contribution in [2.45, 2.75) is 65.4 Å². The third kappa shape index (κ3) is 5.95. The van der Waals surface area contributed by atoms with E-state index in [0.717, 1.165) is 44.3 Å². The highest BCUT2D eigenvalue weighted by Gasteiger charge is 2.24. The largest absolute Gasteiger partial charge is 0.443 e. The van der Waals surface area contributed by atoms with Gasteiger partial charge in [-0.2, -0.15) is 0 Å². The van der Waals surface area contributed by atoms with Crippen molar-refractivity contribution in [2.24, 2.45) is 0 Å². The third-order valence-corrected chi connectivity index (χ3v) is 2.86. The summed E-state index contributed by atoms with van der Waals surface area (Å²) in [6.07, 6.45) is 11.4. The summed E-state index contributed by atoms with van der Waals surface area (Å²) in [5.74, 6) is 0. The molecule has 108 valence electrons. The number of carbonyl (C=O) groups is 1. The van der Waals surface area contributed by atoms with Gasteiger partial charge in [-0.1, -0.05) is 25.5 Å². The number of unbranched alkanes of at least 4 members (excludes halogenated alkanes) is 1. The number of amides is 1. The molecule has 0 bridgehead atoms. The highest BCUT2D eigenvalue weighted by Crippen LogP contribution is 2.20. The summed E-state index contributed by atoms with van der Waals surface area (Å²) in [5, 5.41) is 0. The normalized spacial score (nSPS) is 17.3. The Morgan fingerprint density at radius 2 is 2.16 bits per heavy atom. The summed E-state index contributed by atoms with van der Waals surface area (Å²) in [4.78, 5) is 14.0. The van der Waals surface area contributed by atoms with Crippen LogP contribution in [0.3, 0.4) is 0 Å². The van der Waals surface area contributed by atoms with Crippen LogP contribution < -0.4 is 0 Å². The highest BCUT2D eigenvalue weighted by molar-refractivity contribution is 5.71. The lowest BCUT2D eigenvalue weighted by Gasteiger charge is -2.27. The number of carbonyl (C=O) groups excluding carboxylic acids is 1. The predicted molar refractivity (Wildman–Crippen MR) is 78.9 cm³/mol. The Kier molecular flexibility index (Phi) is 6.13. The maximum atomic E-state index is 12.2. The Bertz CT molecular complexity index is 350. The molecule has 3 heteroatoms. The third-order valence-electron chi connectivity index (χ3n) is 2.86. The molecule has 0 N–H and O–H groups in total. The van der Waals surface area contributed by atoms with E-state index in [-0.39, 0.29) is 6.09 Å². The van der Waals surface area contributed by atoms with Crippen molar-refractivity contribution < 1.29 is 9.53 Å². The molecule has 0 aromatic rings. The van der Waals surface area contributed by atoms with Crippen molar-refractivity contribution in [3.05, 3.63) is 23.9 Å². The van der Waals surface area contributed by atoms with Crippen molar-refractivity contribution in [1.29, 1.82) is 0 Å². The first-order valence-corrected chi connectivity index (χ1v) is 7.31. The molecule has 0 unspecified atom stereocenters. The zero-order valence-corrected chi connectivity index (χ0v) is 12.7. The van der Waals surface area contributed by atoms with E-state index in [1.165, 1.54) is 0 Å².